The summed E-state index contributed by atoms with van der Waals surface area (Å²) in [6.45, 7) is 3.68. The smallest absolute Gasteiger partial charge is 0.508 e. The Bertz CT molecular complexity index is 1160. The summed E-state index contributed by atoms with van der Waals surface area (Å²) in [5.74, 6) is 0.463. The van der Waals surface area contributed by atoms with Gasteiger partial charge in [0.1, 0.15) is 36.2 Å². The molecule has 4 rings (SSSR count). The van der Waals surface area contributed by atoms with E-state index in [1.807, 2.05) is 13.8 Å². The highest BCUT2D eigenvalue weighted by Crippen LogP contribution is 2.36. The lowest BCUT2D eigenvalue weighted by Gasteiger charge is -2.32. The van der Waals surface area contributed by atoms with Crippen molar-refractivity contribution in [2.24, 2.45) is 0 Å². The van der Waals surface area contributed by atoms with E-state index in [0.29, 0.717) is 0 Å². The first-order chi connectivity index (χ1) is 18.1. The van der Waals surface area contributed by atoms with E-state index < -0.39 is 17.0 Å². The summed E-state index contributed by atoms with van der Waals surface area (Å²) >= 11 is 0. The van der Waals surface area contributed by atoms with Crippen molar-refractivity contribution in [1.82, 2.24) is 0 Å². The number of hydrogen-bond donors (Lipinski definition) is 4. The lowest BCUT2D eigenvalue weighted by molar-refractivity contribution is 0.0354. The maximum atomic E-state index is 12.9. The molecule has 0 radical (unpaired) electrons. The molecule has 0 aliphatic heterocycles. The zero-order valence-corrected chi connectivity index (χ0v) is 21.2. The molecule has 0 aliphatic carbocycles. The number of ether oxygens (including phenoxy) is 2. The van der Waals surface area contributed by atoms with Crippen molar-refractivity contribution in [3.63, 3.8) is 0 Å². The molecule has 0 heterocycles. The number of carbonyl (C=O) groups excluding carboxylic acids is 1. The van der Waals surface area contributed by atoms with Crippen LogP contribution in [0, 0.1) is 0 Å². The van der Waals surface area contributed by atoms with E-state index in [-0.39, 0.29) is 36.2 Å². The van der Waals surface area contributed by atoms with Crippen LogP contribution in [0.3, 0.4) is 0 Å². The van der Waals surface area contributed by atoms with Crippen molar-refractivity contribution in [2.75, 3.05) is 13.2 Å². The Balaban J connectivity index is 1.54. The van der Waals surface area contributed by atoms with Crippen molar-refractivity contribution in [2.45, 2.75) is 24.7 Å². The molecule has 4 aromatic rings. The van der Waals surface area contributed by atoms with E-state index in [9.17, 15) is 25.2 Å². The molecule has 0 unspecified atom stereocenters. The van der Waals surface area contributed by atoms with Crippen LogP contribution in [0.25, 0.3) is 0 Å². The fourth-order valence-electron chi connectivity index (χ4n) is 4.43. The number of phenolic OH excluding ortho intramolecular Hbond substituents is 4. The minimum Gasteiger partial charge on any atom is -0.508 e. The summed E-state index contributed by atoms with van der Waals surface area (Å²) in [6, 6.07) is 26.5. The lowest BCUT2D eigenvalue weighted by Crippen LogP contribution is -2.34. The van der Waals surface area contributed by atoms with Gasteiger partial charge in [-0.2, -0.15) is 0 Å². The Morgan fingerprint density at radius 3 is 0.921 bits per heavy atom. The molecule has 0 saturated carbocycles. The molecule has 196 valence electrons. The third kappa shape index (κ3) is 5.67. The first kappa shape index (κ1) is 26.4. The highest BCUT2D eigenvalue weighted by molar-refractivity contribution is 5.61. The SMILES string of the molecule is CC(COC(=O)OCC(C)(c1ccc(O)cc1)c1ccc(O)cc1)(c1ccc(O)cc1)c1ccc(O)cc1. The molecule has 0 atom stereocenters. The van der Waals surface area contributed by atoms with Gasteiger partial charge in [0.2, 0.25) is 0 Å². The van der Waals surface area contributed by atoms with Gasteiger partial charge in [-0.3, -0.25) is 0 Å². The number of benzene rings is 4. The molecule has 0 fully saturated rings. The molecule has 4 N–H and O–H groups in total. The Kier molecular flexibility index (Phi) is 7.48. The maximum absolute atomic E-state index is 12.9. The summed E-state index contributed by atoms with van der Waals surface area (Å²) in [5, 5.41) is 39.0. The summed E-state index contributed by atoms with van der Waals surface area (Å²) in [6.07, 6.45) is -0.863. The first-order valence-electron chi connectivity index (χ1n) is 12.1. The van der Waals surface area contributed by atoms with Gasteiger partial charge in [-0.1, -0.05) is 48.5 Å². The van der Waals surface area contributed by atoms with E-state index in [2.05, 4.69) is 0 Å². The predicted molar refractivity (Wildman–Crippen MR) is 143 cm³/mol. The van der Waals surface area contributed by atoms with Gasteiger partial charge in [0, 0.05) is 0 Å². The van der Waals surface area contributed by atoms with E-state index in [0.717, 1.165) is 22.3 Å². The van der Waals surface area contributed by atoms with Crippen LogP contribution in [0.2, 0.25) is 0 Å². The number of rotatable bonds is 8. The van der Waals surface area contributed by atoms with Crippen molar-refractivity contribution >= 4 is 6.16 Å². The largest absolute Gasteiger partial charge is 0.508 e. The Morgan fingerprint density at radius 2 is 0.711 bits per heavy atom. The highest BCUT2D eigenvalue weighted by atomic mass is 16.7. The van der Waals surface area contributed by atoms with Crippen LogP contribution in [0.5, 0.6) is 23.0 Å². The minimum atomic E-state index is -0.863. The Hall–Kier alpha value is -4.65. The lowest BCUT2D eigenvalue weighted by atomic mass is 9.77. The van der Waals surface area contributed by atoms with Crippen LogP contribution in [0.4, 0.5) is 4.79 Å². The van der Waals surface area contributed by atoms with E-state index >= 15 is 0 Å². The Morgan fingerprint density at radius 1 is 0.500 bits per heavy atom. The Labute approximate surface area is 221 Å². The molecule has 0 saturated heterocycles. The molecular weight excluding hydrogens is 484 g/mol. The van der Waals surface area contributed by atoms with Gasteiger partial charge < -0.3 is 29.9 Å². The monoisotopic (exact) mass is 514 g/mol. The fraction of sp³-hybridized carbons (Fsp3) is 0.194. The second-order valence-corrected chi connectivity index (χ2v) is 9.68. The number of phenols is 4. The van der Waals surface area contributed by atoms with Crippen molar-refractivity contribution in [3.8, 4) is 23.0 Å². The third-order valence-electron chi connectivity index (χ3n) is 6.98. The van der Waals surface area contributed by atoms with Crippen LogP contribution >= 0.6 is 0 Å². The molecule has 0 amide bonds. The molecule has 7 heteroatoms. The highest BCUT2D eigenvalue weighted by Gasteiger charge is 2.34. The van der Waals surface area contributed by atoms with Gasteiger partial charge in [0.05, 0.1) is 10.8 Å². The van der Waals surface area contributed by atoms with Crippen LogP contribution in [-0.4, -0.2) is 39.8 Å². The van der Waals surface area contributed by atoms with E-state index in [1.165, 1.54) is 0 Å². The van der Waals surface area contributed by atoms with Gasteiger partial charge in [0.25, 0.3) is 0 Å². The average Bonchev–Trinajstić information content (AvgIpc) is 2.92. The molecule has 7 nitrogen and oxygen atoms in total. The second kappa shape index (κ2) is 10.8. The molecule has 0 aliphatic rings. The third-order valence-corrected chi connectivity index (χ3v) is 6.98. The van der Waals surface area contributed by atoms with Crippen molar-refractivity contribution in [3.05, 3.63) is 119 Å². The standard InChI is InChI=1S/C31H30O7/c1-30(21-3-11-25(32)12-4-21,22-5-13-26(33)14-6-22)19-37-29(36)38-20-31(2,23-7-15-27(34)16-8-23)24-9-17-28(35)18-10-24/h3-18,32-35H,19-20H2,1-2H3. The summed E-state index contributed by atoms with van der Waals surface area (Å²) in [4.78, 5) is 12.9. The van der Waals surface area contributed by atoms with Gasteiger partial charge in [0.15, 0.2) is 0 Å². The van der Waals surface area contributed by atoms with Crippen LogP contribution in [-0.2, 0) is 20.3 Å². The first-order valence-corrected chi connectivity index (χ1v) is 12.1. The molecule has 0 bridgehead atoms. The van der Waals surface area contributed by atoms with Crippen LogP contribution in [0.1, 0.15) is 36.1 Å². The second-order valence-electron chi connectivity index (χ2n) is 9.68. The van der Waals surface area contributed by atoms with Crippen LogP contribution < -0.4 is 0 Å². The van der Waals surface area contributed by atoms with Gasteiger partial charge in [-0.15, -0.1) is 0 Å². The normalized spacial score (nSPS) is 11.6. The molecule has 0 aromatic heterocycles. The molecule has 4 aromatic carbocycles. The molecular formula is C31H30O7. The topological polar surface area (TPSA) is 116 Å². The fourth-order valence-corrected chi connectivity index (χ4v) is 4.43. The predicted octanol–water partition coefficient (Wildman–Crippen LogP) is 5.97. The van der Waals surface area contributed by atoms with E-state index in [4.69, 9.17) is 9.47 Å². The number of hydrogen-bond acceptors (Lipinski definition) is 7. The van der Waals surface area contributed by atoms with Crippen LogP contribution in [0.15, 0.2) is 97.1 Å². The molecule has 0 spiro atoms. The summed E-state index contributed by atoms with van der Waals surface area (Å²) in [5.41, 5.74) is 1.60. The summed E-state index contributed by atoms with van der Waals surface area (Å²) < 4.78 is 11.2. The maximum Gasteiger partial charge on any atom is 0.508 e. The van der Waals surface area contributed by atoms with E-state index in [1.54, 1.807) is 97.1 Å². The summed E-state index contributed by atoms with van der Waals surface area (Å²) in [7, 11) is 0. The zero-order valence-electron chi connectivity index (χ0n) is 21.2. The average molecular weight is 515 g/mol. The van der Waals surface area contributed by atoms with Crippen molar-refractivity contribution < 1.29 is 34.7 Å². The quantitative estimate of drug-likeness (QED) is 0.214. The molecule has 38 heavy (non-hydrogen) atoms. The van der Waals surface area contributed by atoms with Crippen molar-refractivity contribution in [1.29, 1.82) is 0 Å². The van der Waals surface area contributed by atoms with Gasteiger partial charge in [-0.05, 0) is 84.6 Å². The zero-order chi connectivity index (χ0) is 27.3. The van der Waals surface area contributed by atoms with Gasteiger partial charge in [-0.25, -0.2) is 4.79 Å². The van der Waals surface area contributed by atoms with Gasteiger partial charge >= 0.3 is 6.16 Å². The number of carbonyl (C=O) groups is 1. The number of aromatic hydroxyl groups is 4. The minimum absolute atomic E-state index is 0.0590.